The molecule has 0 spiro atoms. The number of aliphatic carboxylic acids is 1. The van der Waals surface area contributed by atoms with Crippen LogP contribution in [0.15, 0.2) is 18.2 Å². The monoisotopic (exact) mass is 208 g/mol. The summed E-state index contributed by atoms with van der Waals surface area (Å²) in [5, 5.41) is 7.87. The second kappa shape index (κ2) is 4.10. The molecule has 1 unspecified atom stereocenters. The van der Waals surface area contributed by atoms with Crippen molar-refractivity contribution in [1.82, 2.24) is 0 Å². The molecular formula is C10H12N2O3. The summed E-state index contributed by atoms with van der Waals surface area (Å²) >= 11 is 0. The van der Waals surface area contributed by atoms with Crippen LogP contribution in [0.4, 0.5) is 5.69 Å². The molecule has 15 heavy (non-hydrogen) atoms. The molecule has 2 aliphatic rings. The minimum Gasteiger partial charge on any atom is -0.480 e. The van der Waals surface area contributed by atoms with Crippen molar-refractivity contribution in [3.8, 4) is 0 Å². The molecule has 80 valence electrons. The Balaban J connectivity index is 0.000000167. The third-order valence-electron chi connectivity index (χ3n) is 1.98. The fourth-order valence-corrected chi connectivity index (χ4v) is 1.04. The van der Waals surface area contributed by atoms with Gasteiger partial charge in [0.05, 0.1) is 5.69 Å². The van der Waals surface area contributed by atoms with E-state index in [1.54, 1.807) is 12.1 Å². The van der Waals surface area contributed by atoms with E-state index in [-0.39, 0.29) is 5.78 Å². The lowest BCUT2D eigenvalue weighted by Crippen LogP contribution is -2.25. The van der Waals surface area contributed by atoms with Gasteiger partial charge in [-0.05, 0) is 19.1 Å². The minimum absolute atomic E-state index is 0.0926. The van der Waals surface area contributed by atoms with Crippen molar-refractivity contribution in [1.29, 1.82) is 0 Å². The molecule has 2 aliphatic carbocycles. The normalized spacial score (nSPS) is 13.3. The van der Waals surface area contributed by atoms with Crippen molar-refractivity contribution in [2.75, 3.05) is 5.73 Å². The molecule has 5 nitrogen and oxygen atoms in total. The zero-order valence-electron chi connectivity index (χ0n) is 8.23. The molecule has 0 amide bonds. The van der Waals surface area contributed by atoms with Gasteiger partial charge in [0, 0.05) is 11.1 Å². The van der Waals surface area contributed by atoms with Crippen LogP contribution >= 0.6 is 0 Å². The third kappa shape index (κ3) is 2.13. The number of rotatable bonds is 1. The van der Waals surface area contributed by atoms with Crippen LogP contribution < -0.4 is 11.5 Å². The van der Waals surface area contributed by atoms with Gasteiger partial charge in [-0.2, -0.15) is 0 Å². The predicted molar refractivity (Wildman–Crippen MR) is 55.6 cm³/mol. The van der Waals surface area contributed by atoms with Crippen molar-refractivity contribution in [3.05, 3.63) is 29.3 Å². The summed E-state index contributed by atoms with van der Waals surface area (Å²) in [5.41, 5.74) is 12.3. The number of carboxylic acids is 1. The highest BCUT2D eigenvalue weighted by molar-refractivity contribution is 6.24. The average Bonchev–Trinajstić information content (AvgIpc) is 2.20. The van der Waals surface area contributed by atoms with Crippen LogP contribution in [0.2, 0.25) is 0 Å². The molecule has 0 aliphatic heterocycles. The lowest BCUT2D eigenvalue weighted by atomic mass is 9.88. The Morgan fingerprint density at radius 1 is 1.40 bits per heavy atom. The molecule has 5 N–H and O–H groups in total. The van der Waals surface area contributed by atoms with Crippen molar-refractivity contribution in [2.45, 2.75) is 13.0 Å². The molecule has 0 saturated heterocycles. The maximum Gasteiger partial charge on any atom is 0.320 e. The van der Waals surface area contributed by atoms with Crippen molar-refractivity contribution >= 4 is 17.4 Å². The van der Waals surface area contributed by atoms with Crippen LogP contribution in [-0.2, 0) is 4.79 Å². The number of ketones is 1. The molecule has 3 rings (SSSR count). The zero-order valence-corrected chi connectivity index (χ0v) is 8.23. The molecule has 1 aromatic rings. The molecular weight excluding hydrogens is 196 g/mol. The number of hydrogen-bond acceptors (Lipinski definition) is 4. The van der Waals surface area contributed by atoms with Crippen LogP contribution in [0.1, 0.15) is 22.8 Å². The van der Waals surface area contributed by atoms with E-state index in [1.807, 2.05) is 6.07 Å². The highest BCUT2D eigenvalue weighted by atomic mass is 16.4. The first-order chi connectivity index (χ1) is 6.95. The fraction of sp³-hybridized carbons (Fsp3) is 0.200. The number of carbonyl (C=O) groups is 2. The summed E-state index contributed by atoms with van der Waals surface area (Å²) in [6.07, 6.45) is 0. The molecule has 0 heterocycles. The van der Waals surface area contributed by atoms with Crippen LogP contribution in [0.25, 0.3) is 0 Å². The Hall–Kier alpha value is -1.88. The second-order valence-electron chi connectivity index (χ2n) is 3.22. The highest BCUT2D eigenvalue weighted by Gasteiger charge is 2.25. The van der Waals surface area contributed by atoms with E-state index < -0.39 is 12.0 Å². The number of carboxylic acid groups (broad SMARTS) is 1. The van der Waals surface area contributed by atoms with Gasteiger partial charge >= 0.3 is 5.97 Å². The van der Waals surface area contributed by atoms with Crippen molar-refractivity contribution in [3.63, 3.8) is 0 Å². The lowest BCUT2D eigenvalue weighted by Gasteiger charge is -2.16. The van der Waals surface area contributed by atoms with Gasteiger partial charge in [0.1, 0.15) is 6.04 Å². The van der Waals surface area contributed by atoms with E-state index in [0.29, 0.717) is 16.8 Å². The maximum atomic E-state index is 10.8. The van der Waals surface area contributed by atoms with Gasteiger partial charge in [-0.3, -0.25) is 9.59 Å². The Morgan fingerprint density at radius 3 is 1.93 bits per heavy atom. The van der Waals surface area contributed by atoms with Crippen LogP contribution in [0, 0.1) is 0 Å². The topological polar surface area (TPSA) is 106 Å². The SMILES string of the molecule is CC(N)C(=O)O.Nc1c2cccc1C2=O. The first kappa shape index (κ1) is 11.2. The van der Waals surface area contributed by atoms with Gasteiger partial charge in [0.25, 0.3) is 0 Å². The Morgan fingerprint density at radius 2 is 1.80 bits per heavy atom. The molecule has 5 heteroatoms. The Bertz CT molecular complexity index is 389. The number of fused-ring (bicyclic) bond motifs is 2. The predicted octanol–water partition coefficient (Wildman–Crippen LogP) is 0.231. The number of anilines is 1. The Labute approximate surface area is 86.7 Å². The van der Waals surface area contributed by atoms with E-state index in [4.69, 9.17) is 16.6 Å². The van der Waals surface area contributed by atoms with Gasteiger partial charge in [-0.25, -0.2) is 0 Å². The summed E-state index contributed by atoms with van der Waals surface area (Å²) in [5.74, 6) is -0.870. The summed E-state index contributed by atoms with van der Waals surface area (Å²) in [6, 6.07) is 4.59. The quantitative estimate of drug-likeness (QED) is 0.581. The molecule has 1 atom stereocenters. The minimum atomic E-state index is -0.963. The standard InChI is InChI=1S/C7H5NO.C3H7NO2/c8-6-4-2-1-3-5(6)7(4)9;1-2(4)3(5)6/h1-3H,8H2;2H,4H2,1H3,(H,5,6). The van der Waals surface area contributed by atoms with E-state index in [0.717, 1.165) is 0 Å². The van der Waals surface area contributed by atoms with E-state index >= 15 is 0 Å². The molecule has 1 aromatic carbocycles. The summed E-state index contributed by atoms with van der Waals surface area (Å²) in [7, 11) is 0. The summed E-state index contributed by atoms with van der Waals surface area (Å²) < 4.78 is 0. The zero-order chi connectivity index (χ0) is 11.6. The first-order valence-electron chi connectivity index (χ1n) is 4.36. The molecule has 0 aromatic heterocycles. The van der Waals surface area contributed by atoms with E-state index in [9.17, 15) is 9.59 Å². The van der Waals surface area contributed by atoms with Gasteiger partial charge in [0.15, 0.2) is 5.78 Å². The number of hydrogen-bond donors (Lipinski definition) is 3. The lowest BCUT2D eigenvalue weighted by molar-refractivity contribution is -0.138. The van der Waals surface area contributed by atoms with Crippen molar-refractivity contribution < 1.29 is 14.7 Å². The van der Waals surface area contributed by atoms with Crippen LogP contribution in [-0.4, -0.2) is 22.9 Å². The third-order valence-corrected chi connectivity index (χ3v) is 1.98. The summed E-state index contributed by atoms with van der Waals surface area (Å²) in [4.78, 5) is 20.4. The molecule has 2 bridgehead atoms. The number of carbonyl (C=O) groups excluding carboxylic acids is 1. The second-order valence-corrected chi connectivity index (χ2v) is 3.22. The number of para-hydroxylation sites is 1. The molecule has 0 saturated carbocycles. The van der Waals surface area contributed by atoms with Gasteiger partial charge < -0.3 is 16.6 Å². The summed E-state index contributed by atoms with van der Waals surface area (Å²) in [6.45, 7) is 1.42. The van der Waals surface area contributed by atoms with E-state index in [2.05, 4.69) is 0 Å². The largest absolute Gasteiger partial charge is 0.480 e. The average molecular weight is 208 g/mol. The number of nitrogens with two attached hydrogens (primary N) is 2. The number of benzene rings is 1. The first-order valence-corrected chi connectivity index (χ1v) is 4.36. The molecule has 0 radical (unpaired) electrons. The Kier molecular flexibility index (Phi) is 3.06. The van der Waals surface area contributed by atoms with Gasteiger partial charge in [-0.15, -0.1) is 0 Å². The maximum absolute atomic E-state index is 10.8. The van der Waals surface area contributed by atoms with Crippen molar-refractivity contribution in [2.24, 2.45) is 5.73 Å². The molecule has 0 fully saturated rings. The van der Waals surface area contributed by atoms with Gasteiger partial charge in [0.2, 0.25) is 0 Å². The fourth-order valence-electron chi connectivity index (χ4n) is 1.04. The smallest absolute Gasteiger partial charge is 0.320 e. The highest BCUT2D eigenvalue weighted by Crippen LogP contribution is 2.30. The van der Waals surface area contributed by atoms with E-state index in [1.165, 1.54) is 6.92 Å². The van der Waals surface area contributed by atoms with Crippen LogP contribution in [0.5, 0.6) is 0 Å². The van der Waals surface area contributed by atoms with Crippen LogP contribution in [0.3, 0.4) is 0 Å². The van der Waals surface area contributed by atoms with Gasteiger partial charge in [-0.1, -0.05) is 6.07 Å². The number of nitrogen functional groups attached to an aromatic ring is 1.